The number of Topliss-reactive ketones (excluding diaryl/α,β-unsaturated/α-hetero) is 2. The Balaban J connectivity index is 0.475. The number of aryl methyl sites for hydroxylation is 2. The van der Waals surface area contributed by atoms with Gasteiger partial charge in [0, 0.05) is 199 Å². The van der Waals surface area contributed by atoms with Gasteiger partial charge in [0.05, 0.1) is 70.8 Å². The van der Waals surface area contributed by atoms with Gasteiger partial charge in [-0.25, -0.2) is 19.0 Å². The van der Waals surface area contributed by atoms with Gasteiger partial charge in [-0.1, -0.05) is 72.5 Å². The Hall–Kier alpha value is -10.2. The molecule has 0 radical (unpaired) electrons. The van der Waals surface area contributed by atoms with Gasteiger partial charge >= 0.3 is 6.18 Å². The molecule has 2 aliphatic heterocycles. The van der Waals surface area contributed by atoms with Crippen molar-refractivity contribution in [3.8, 4) is 23.7 Å². The number of aromatic nitrogens is 6. The molecule has 9 rings (SSSR count). The maximum atomic E-state index is 14.5. The van der Waals surface area contributed by atoms with Gasteiger partial charge < -0.3 is 59.5 Å². The highest BCUT2D eigenvalue weighted by Crippen LogP contribution is 2.34. The maximum Gasteiger partial charge on any atom is 0.416 e. The van der Waals surface area contributed by atoms with Crippen molar-refractivity contribution in [2.75, 3.05) is 171 Å². The van der Waals surface area contributed by atoms with Crippen molar-refractivity contribution in [2.24, 2.45) is 0 Å². The second-order valence-electron chi connectivity index (χ2n) is 28.9. The minimum absolute atomic E-state index is 0.0382. The van der Waals surface area contributed by atoms with Crippen molar-refractivity contribution in [3.05, 3.63) is 201 Å². The average molecular weight is 1630 g/mol. The fraction of sp³-hybridized carbons (Fsp3) is 0.483. The minimum atomic E-state index is -4.62. The third-order valence-corrected chi connectivity index (χ3v) is 19.9. The maximum absolute atomic E-state index is 14.5. The van der Waals surface area contributed by atoms with Crippen LogP contribution in [0.4, 0.5) is 13.2 Å². The summed E-state index contributed by atoms with van der Waals surface area (Å²) < 4.78 is 80.5. The monoisotopic (exact) mass is 1630 g/mol. The average Bonchev–Trinajstić information content (AvgIpc) is 0.990. The SMILES string of the molecule is C/C=C/C=C(\C=C\C#Cc1cnc2cccnn12)C(=O)Cc1ccc(CN2CCN(CCC(=O)NCCCOCCOCCOCCCNC(=O)CCCC(=O)NCCCOCCOCCOCCCNC(=O)CCN3CCN(Cc4ccc(CC(=O)c5ccc(C)c(C#Cc6cnc7cccnn67)c5)cc4C)CC3)CC2)c(C(F)(F)F)c1. The number of halogens is 3. The number of fused-ring (bicyclic) bond motifs is 2. The number of hydrogen-bond acceptors (Lipinski definition) is 20. The summed E-state index contributed by atoms with van der Waals surface area (Å²) in [5.41, 5.74) is 8.35. The summed E-state index contributed by atoms with van der Waals surface area (Å²) in [5.74, 6) is 11.7. The number of piperazine rings is 2. The van der Waals surface area contributed by atoms with Crippen LogP contribution in [-0.2, 0) is 84.5 Å². The lowest BCUT2D eigenvalue weighted by molar-refractivity contribution is -0.138. The van der Waals surface area contributed by atoms with E-state index in [4.69, 9.17) is 28.4 Å². The molecule has 0 atom stereocenters. The van der Waals surface area contributed by atoms with Crippen molar-refractivity contribution >= 4 is 46.5 Å². The summed E-state index contributed by atoms with van der Waals surface area (Å²) in [4.78, 5) is 94.2. The molecule has 4 amide bonds. The van der Waals surface area contributed by atoms with E-state index < -0.39 is 11.7 Å². The van der Waals surface area contributed by atoms with Gasteiger partial charge in [0.15, 0.2) is 22.9 Å². The Morgan fingerprint density at radius 1 is 0.492 bits per heavy atom. The number of allylic oxidation sites excluding steroid dienone is 6. The van der Waals surface area contributed by atoms with Crippen molar-refractivity contribution in [3.63, 3.8) is 0 Å². The molecule has 4 N–H and O–H groups in total. The summed E-state index contributed by atoms with van der Waals surface area (Å²) in [6.07, 6.45) is 14.5. The highest BCUT2D eigenvalue weighted by Gasteiger charge is 2.35. The number of alkyl halides is 3. The summed E-state index contributed by atoms with van der Waals surface area (Å²) >= 11 is 0. The molecule has 0 saturated carbocycles. The fourth-order valence-electron chi connectivity index (χ4n) is 13.1. The molecular weight excluding hydrogens is 1510 g/mol. The molecule has 26 nitrogen and oxygen atoms in total. The predicted octanol–water partition coefficient (Wildman–Crippen LogP) is 8.47. The van der Waals surface area contributed by atoms with E-state index in [1.54, 1.807) is 83.2 Å². The van der Waals surface area contributed by atoms with E-state index >= 15 is 0 Å². The molecule has 118 heavy (non-hydrogen) atoms. The van der Waals surface area contributed by atoms with Crippen LogP contribution >= 0.6 is 0 Å². The summed E-state index contributed by atoms with van der Waals surface area (Å²) in [5, 5.41) is 20.2. The van der Waals surface area contributed by atoms with Gasteiger partial charge in [-0.3, -0.25) is 38.6 Å². The van der Waals surface area contributed by atoms with E-state index in [1.165, 1.54) is 17.7 Å². The van der Waals surface area contributed by atoms with Crippen LogP contribution in [0.25, 0.3) is 11.3 Å². The molecule has 29 heteroatoms. The van der Waals surface area contributed by atoms with E-state index in [9.17, 15) is 41.9 Å². The number of carbonyl (C=O) groups is 6. The molecule has 0 bridgehead atoms. The van der Waals surface area contributed by atoms with Gasteiger partial charge in [-0.2, -0.15) is 23.4 Å². The number of ketones is 2. The zero-order chi connectivity index (χ0) is 83.4. The van der Waals surface area contributed by atoms with Crippen molar-refractivity contribution < 1.29 is 70.4 Å². The number of rotatable bonds is 50. The van der Waals surface area contributed by atoms with Crippen LogP contribution in [-0.4, -0.2) is 255 Å². The van der Waals surface area contributed by atoms with Crippen molar-refractivity contribution in [1.29, 1.82) is 0 Å². The predicted molar refractivity (Wildman–Crippen MR) is 443 cm³/mol. The van der Waals surface area contributed by atoms with Crippen LogP contribution in [0, 0.1) is 37.5 Å². The fourth-order valence-corrected chi connectivity index (χ4v) is 13.1. The third kappa shape index (κ3) is 33.3. The van der Waals surface area contributed by atoms with E-state index in [0.29, 0.717) is 218 Å². The zero-order valence-electron chi connectivity index (χ0n) is 68.3. The van der Waals surface area contributed by atoms with Crippen LogP contribution in [0.5, 0.6) is 0 Å². The molecular formula is C89H113F3N14O12. The van der Waals surface area contributed by atoms with Crippen molar-refractivity contribution in [1.82, 2.24) is 70.1 Å². The molecule has 3 aromatic carbocycles. The highest BCUT2D eigenvalue weighted by atomic mass is 19.4. The Kier molecular flexibility index (Phi) is 39.8. The Morgan fingerprint density at radius 3 is 1.44 bits per heavy atom. The summed E-state index contributed by atoms with van der Waals surface area (Å²) in [7, 11) is 0. The van der Waals surface area contributed by atoms with Crippen LogP contribution in [0.2, 0.25) is 0 Å². The topological polar surface area (TPSA) is 279 Å². The molecule has 7 aromatic rings. The van der Waals surface area contributed by atoms with Gasteiger partial charge in [-0.15, -0.1) is 0 Å². The van der Waals surface area contributed by atoms with Crippen molar-refractivity contribution in [2.45, 2.75) is 111 Å². The van der Waals surface area contributed by atoms with Gasteiger partial charge in [-0.05, 0) is 147 Å². The molecule has 632 valence electrons. The second-order valence-corrected chi connectivity index (χ2v) is 28.9. The molecule has 4 aromatic heterocycles. The lowest BCUT2D eigenvalue weighted by Crippen LogP contribution is -2.47. The Labute approximate surface area is 690 Å². The summed E-state index contributed by atoms with van der Waals surface area (Å²) in [6.45, 7) is 21.2. The summed E-state index contributed by atoms with van der Waals surface area (Å²) in [6, 6.07) is 23.4. The van der Waals surface area contributed by atoms with E-state index in [0.717, 1.165) is 73.2 Å². The normalized spacial score (nSPS) is 13.9. The van der Waals surface area contributed by atoms with Crippen LogP contribution in [0.15, 0.2) is 140 Å². The highest BCUT2D eigenvalue weighted by molar-refractivity contribution is 6.00. The largest absolute Gasteiger partial charge is 0.416 e. The number of amides is 4. The molecule has 0 aliphatic carbocycles. The number of nitrogens with zero attached hydrogens (tertiary/aromatic N) is 10. The first-order chi connectivity index (χ1) is 57.4. The van der Waals surface area contributed by atoms with Gasteiger partial charge in [0.2, 0.25) is 23.6 Å². The smallest absolute Gasteiger partial charge is 0.379 e. The van der Waals surface area contributed by atoms with E-state index in [2.05, 4.69) is 105 Å². The van der Waals surface area contributed by atoms with Crippen LogP contribution in [0.3, 0.4) is 0 Å². The van der Waals surface area contributed by atoms with Gasteiger partial charge in [0.1, 0.15) is 11.4 Å². The first-order valence-corrected chi connectivity index (χ1v) is 40.9. The lowest BCUT2D eigenvalue weighted by atomic mass is 9.96. The van der Waals surface area contributed by atoms with Gasteiger partial charge in [0.25, 0.3) is 0 Å². The number of imidazole rings is 2. The lowest BCUT2D eigenvalue weighted by Gasteiger charge is -2.35. The third-order valence-electron chi connectivity index (χ3n) is 19.9. The number of benzene rings is 3. The first-order valence-electron chi connectivity index (χ1n) is 40.9. The first kappa shape index (κ1) is 91.7. The van der Waals surface area contributed by atoms with Crippen LogP contribution in [0.1, 0.15) is 131 Å². The zero-order valence-corrected chi connectivity index (χ0v) is 68.3. The number of carbonyl (C=O) groups excluding carboxylic acids is 6. The van der Waals surface area contributed by atoms with E-state index in [1.807, 2.05) is 42.2 Å². The van der Waals surface area contributed by atoms with E-state index in [-0.39, 0.29) is 72.1 Å². The molecule has 0 unspecified atom stereocenters. The van der Waals surface area contributed by atoms with Crippen LogP contribution < -0.4 is 21.3 Å². The Morgan fingerprint density at radius 2 is 0.949 bits per heavy atom. The number of nitrogens with one attached hydrogen (secondary N) is 4. The molecule has 6 heterocycles. The molecule has 2 aliphatic rings. The minimum Gasteiger partial charge on any atom is -0.379 e. The number of ether oxygens (including phenoxy) is 6. The molecule has 2 fully saturated rings. The quantitative estimate of drug-likeness (QED) is 0.00914. The molecule has 0 spiro atoms. The standard InChI is InChI=1S/C89H113F3N14O12/c1-4-5-15-73(16-6-7-17-78-65-97-83-18-9-36-99-105(78)83)81(107)63-72-24-27-77(80(61-72)89(90,91)92)68-104-46-42-102(43-47-104)39-31-88(112)96-35-14-51-116-55-59-118-57-53-114-49-12-33-94-86(110)21-8-20-85(109)93-32-11-48-113-52-56-117-58-54-115-50-13-34-95-87(111)30-38-101-40-44-103(45-41-101)67-76-26-23-71(60-70(76)3)62-82(108)75-25-22-69(2)74(64-75)28-29-79-66-98-84-19-10-37-100-106(79)84/h4-6,9-10,15-16,18-19,22-27,36-37,60-61,64-66H,8,11-14,20-21,30-35,38-59,62-63,67-68H2,1-3H3,(H,93,109)(H,94,110)(H,95,111)(H,96,112)/b5-4+,16-6+,73-15+. The Bertz CT molecular complexity index is 4580. The number of hydrogen-bond donors (Lipinski definition) is 4. The molecule has 2 saturated heterocycles. The second kappa shape index (κ2) is 51.2.